The third-order valence-corrected chi connectivity index (χ3v) is 1.87. The van der Waals surface area contributed by atoms with Crippen molar-refractivity contribution in [3.05, 3.63) is 17.2 Å². The monoisotopic (exact) mass is 187 g/mol. The van der Waals surface area contributed by atoms with Crippen LogP contribution in [0.4, 0.5) is 5.69 Å². The lowest BCUT2D eigenvalue weighted by Crippen LogP contribution is -1.94. The fraction of sp³-hybridized carbons (Fsp3) is 0.250. The summed E-state index contributed by atoms with van der Waals surface area (Å²) in [7, 11) is 3.05. The lowest BCUT2D eigenvalue weighted by Gasteiger charge is -2.09. The first-order chi connectivity index (χ1) is 5.70. The Morgan fingerprint density at radius 2 is 1.92 bits per heavy atom. The second kappa shape index (κ2) is 3.54. The molecule has 1 rings (SSSR count). The highest BCUT2D eigenvalue weighted by atomic mass is 35.5. The van der Waals surface area contributed by atoms with Crippen LogP contribution in [0.5, 0.6) is 11.5 Å². The Labute approximate surface area is 76.0 Å². The molecule has 0 radical (unpaired) electrons. The molecule has 0 bridgehead atoms. The van der Waals surface area contributed by atoms with E-state index < -0.39 is 0 Å². The van der Waals surface area contributed by atoms with Crippen molar-refractivity contribution >= 4 is 17.3 Å². The zero-order valence-electron chi connectivity index (χ0n) is 6.93. The average molecular weight is 188 g/mol. The maximum absolute atomic E-state index is 5.88. The Morgan fingerprint density at radius 1 is 1.25 bits per heavy atom. The van der Waals surface area contributed by atoms with Gasteiger partial charge in [0.2, 0.25) is 0 Å². The molecule has 4 heteroatoms. The summed E-state index contributed by atoms with van der Waals surface area (Å²) in [5.41, 5.74) is 6.09. The van der Waals surface area contributed by atoms with Crippen molar-refractivity contribution in [3.63, 3.8) is 0 Å². The molecule has 0 heterocycles. The van der Waals surface area contributed by atoms with Gasteiger partial charge in [-0.15, -0.1) is 0 Å². The minimum absolute atomic E-state index is 0.403. The van der Waals surface area contributed by atoms with Gasteiger partial charge in [0, 0.05) is 0 Å². The van der Waals surface area contributed by atoms with Crippen LogP contribution in [0.2, 0.25) is 5.02 Å². The fourth-order valence-corrected chi connectivity index (χ4v) is 1.24. The summed E-state index contributed by atoms with van der Waals surface area (Å²) in [5, 5.41) is 0.403. The first-order valence-electron chi connectivity index (χ1n) is 3.36. The molecule has 1 aromatic carbocycles. The van der Waals surface area contributed by atoms with Crippen LogP contribution < -0.4 is 15.2 Å². The standard InChI is InChI=1S/C8H10ClNO2/c1-11-6-4-3-5(10)8(12-2)7(6)9/h3-4H,10H2,1-2H3. The van der Waals surface area contributed by atoms with E-state index in [1.807, 2.05) is 0 Å². The van der Waals surface area contributed by atoms with Gasteiger partial charge in [0.15, 0.2) is 5.75 Å². The zero-order chi connectivity index (χ0) is 9.14. The van der Waals surface area contributed by atoms with Crippen molar-refractivity contribution in [3.8, 4) is 11.5 Å². The highest BCUT2D eigenvalue weighted by Gasteiger charge is 2.09. The molecule has 0 aliphatic heterocycles. The van der Waals surface area contributed by atoms with E-state index in [0.717, 1.165) is 0 Å². The Bertz CT molecular complexity index is 289. The molecule has 0 fully saturated rings. The van der Waals surface area contributed by atoms with Crippen LogP contribution in [0.1, 0.15) is 0 Å². The normalized spacial score (nSPS) is 9.58. The van der Waals surface area contributed by atoms with E-state index in [-0.39, 0.29) is 0 Å². The van der Waals surface area contributed by atoms with Gasteiger partial charge in [-0.2, -0.15) is 0 Å². The molecule has 0 unspecified atom stereocenters. The minimum atomic E-state index is 0.403. The highest BCUT2D eigenvalue weighted by molar-refractivity contribution is 6.34. The lowest BCUT2D eigenvalue weighted by atomic mass is 10.3. The number of halogens is 1. The minimum Gasteiger partial charge on any atom is -0.495 e. The van der Waals surface area contributed by atoms with Crippen molar-refractivity contribution in [2.45, 2.75) is 0 Å². The van der Waals surface area contributed by atoms with Crippen LogP contribution in [0.15, 0.2) is 12.1 Å². The maximum Gasteiger partial charge on any atom is 0.164 e. The predicted octanol–water partition coefficient (Wildman–Crippen LogP) is 1.94. The van der Waals surface area contributed by atoms with E-state index in [1.165, 1.54) is 14.2 Å². The molecule has 0 aliphatic rings. The molecule has 0 saturated carbocycles. The molecule has 0 spiro atoms. The maximum atomic E-state index is 5.88. The van der Waals surface area contributed by atoms with Gasteiger partial charge in [0.25, 0.3) is 0 Å². The first-order valence-corrected chi connectivity index (χ1v) is 3.74. The Morgan fingerprint density at radius 3 is 2.42 bits per heavy atom. The van der Waals surface area contributed by atoms with Crippen LogP contribution in [0, 0.1) is 0 Å². The van der Waals surface area contributed by atoms with Crippen LogP contribution in [-0.4, -0.2) is 14.2 Å². The molecule has 2 N–H and O–H groups in total. The lowest BCUT2D eigenvalue weighted by molar-refractivity contribution is 0.396. The topological polar surface area (TPSA) is 44.5 Å². The summed E-state index contributed by atoms with van der Waals surface area (Å²) >= 11 is 5.88. The molecule has 0 aromatic heterocycles. The summed E-state index contributed by atoms with van der Waals surface area (Å²) < 4.78 is 9.96. The number of hydrogen-bond donors (Lipinski definition) is 1. The predicted molar refractivity (Wildman–Crippen MR) is 49.0 cm³/mol. The second-order valence-electron chi connectivity index (χ2n) is 2.20. The molecule has 66 valence electrons. The van der Waals surface area contributed by atoms with Crippen LogP contribution in [0.25, 0.3) is 0 Å². The van der Waals surface area contributed by atoms with Gasteiger partial charge in [0.1, 0.15) is 10.8 Å². The number of methoxy groups -OCH3 is 2. The van der Waals surface area contributed by atoms with Crippen molar-refractivity contribution in [1.82, 2.24) is 0 Å². The van der Waals surface area contributed by atoms with Crippen molar-refractivity contribution in [1.29, 1.82) is 0 Å². The summed E-state index contributed by atoms with van der Waals surface area (Å²) in [6.07, 6.45) is 0. The highest BCUT2D eigenvalue weighted by Crippen LogP contribution is 2.37. The number of nitrogens with two attached hydrogens (primary N) is 1. The van der Waals surface area contributed by atoms with Gasteiger partial charge >= 0.3 is 0 Å². The summed E-state index contributed by atoms with van der Waals surface area (Å²) in [5.74, 6) is 1.01. The number of benzene rings is 1. The third kappa shape index (κ3) is 1.41. The van der Waals surface area contributed by atoms with E-state index in [4.69, 9.17) is 26.8 Å². The molecular formula is C8H10ClNO2. The van der Waals surface area contributed by atoms with Gasteiger partial charge in [-0.1, -0.05) is 11.6 Å². The van der Waals surface area contributed by atoms with Gasteiger partial charge in [0.05, 0.1) is 19.9 Å². The second-order valence-corrected chi connectivity index (χ2v) is 2.58. The molecule has 0 saturated heterocycles. The number of nitrogen functional groups attached to an aromatic ring is 1. The van der Waals surface area contributed by atoms with Crippen molar-refractivity contribution in [2.24, 2.45) is 0 Å². The molecule has 1 aromatic rings. The number of anilines is 1. The Hall–Kier alpha value is -1.09. The third-order valence-electron chi connectivity index (χ3n) is 1.52. The van der Waals surface area contributed by atoms with E-state index in [9.17, 15) is 0 Å². The quantitative estimate of drug-likeness (QED) is 0.720. The van der Waals surface area contributed by atoms with Gasteiger partial charge in [-0.05, 0) is 12.1 Å². The average Bonchev–Trinajstić information content (AvgIpc) is 2.06. The number of rotatable bonds is 2. The van der Waals surface area contributed by atoms with E-state index in [1.54, 1.807) is 12.1 Å². The zero-order valence-corrected chi connectivity index (χ0v) is 7.68. The van der Waals surface area contributed by atoms with Crippen molar-refractivity contribution < 1.29 is 9.47 Å². The number of ether oxygens (including phenoxy) is 2. The molecule has 12 heavy (non-hydrogen) atoms. The number of hydrogen-bond acceptors (Lipinski definition) is 3. The fourth-order valence-electron chi connectivity index (χ4n) is 0.918. The van der Waals surface area contributed by atoms with Crippen molar-refractivity contribution in [2.75, 3.05) is 20.0 Å². The molecular weight excluding hydrogens is 178 g/mol. The van der Waals surface area contributed by atoms with Crippen LogP contribution in [-0.2, 0) is 0 Å². The van der Waals surface area contributed by atoms with Crippen LogP contribution in [0.3, 0.4) is 0 Å². The first kappa shape index (κ1) is 9.00. The molecule has 0 aliphatic carbocycles. The molecule has 0 amide bonds. The van der Waals surface area contributed by atoms with Gasteiger partial charge in [-0.25, -0.2) is 0 Å². The van der Waals surface area contributed by atoms with E-state index in [2.05, 4.69) is 0 Å². The molecule has 0 atom stereocenters. The SMILES string of the molecule is COc1ccc(N)c(OC)c1Cl. The largest absolute Gasteiger partial charge is 0.495 e. The Balaban J connectivity index is 3.24. The summed E-state index contributed by atoms with van der Waals surface area (Å²) in [6.45, 7) is 0. The van der Waals surface area contributed by atoms with E-state index >= 15 is 0 Å². The summed E-state index contributed by atoms with van der Waals surface area (Å²) in [6, 6.07) is 3.38. The van der Waals surface area contributed by atoms with Gasteiger partial charge < -0.3 is 15.2 Å². The van der Waals surface area contributed by atoms with E-state index in [0.29, 0.717) is 22.2 Å². The van der Waals surface area contributed by atoms with Gasteiger partial charge in [-0.3, -0.25) is 0 Å². The Kier molecular flexibility index (Phi) is 2.65. The smallest absolute Gasteiger partial charge is 0.164 e. The summed E-state index contributed by atoms with van der Waals surface area (Å²) in [4.78, 5) is 0. The molecule has 3 nitrogen and oxygen atoms in total. The van der Waals surface area contributed by atoms with Crippen LogP contribution >= 0.6 is 11.6 Å².